The van der Waals surface area contributed by atoms with Gasteiger partial charge in [0, 0.05) is 26.6 Å². The van der Waals surface area contributed by atoms with E-state index in [4.69, 9.17) is 9.47 Å². The molecule has 1 aromatic carbocycles. The van der Waals surface area contributed by atoms with E-state index in [1.165, 1.54) is 5.56 Å². The van der Waals surface area contributed by atoms with E-state index in [1.54, 1.807) is 4.90 Å². The second-order valence-corrected chi connectivity index (χ2v) is 6.56. The van der Waals surface area contributed by atoms with Crippen molar-refractivity contribution in [3.05, 3.63) is 23.8 Å². The SMILES string of the molecule is CC(C(=O)N(C)C)N1CCCC1c1ccc2c(c1)OCCCO2. The van der Waals surface area contributed by atoms with Crippen LogP contribution < -0.4 is 9.47 Å². The van der Waals surface area contributed by atoms with E-state index in [0.717, 1.165) is 37.3 Å². The zero-order chi connectivity index (χ0) is 16.4. The first-order valence-corrected chi connectivity index (χ1v) is 8.44. The number of carbonyl (C=O) groups is 1. The molecule has 2 atom stereocenters. The fourth-order valence-electron chi connectivity index (χ4n) is 3.51. The van der Waals surface area contributed by atoms with Gasteiger partial charge in [0.1, 0.15) is 0 Å². The molecule has 0 saturated carbocycles. The highest BCUT2D eigenvalue weighted by molar-refractivity contribution is 5.81. The molecule has 0 radical (unpaired) electrons. The lowest BCUT2D eigenvalue weighted by atomic mass is 10.0. The van der Waals surface area contributed by atoms with Gasteiger partial charge in [-0.2, -0.15) is 0 Å². The van der Waals surface area contributed by atoms with E-state index in [1.807, 2.05) is 27.1 Å². The van der Waals surface area contributed by atoms with Gasteiger partial charge in [-0.25, -0.2) is 0 Å². The van der Waals surface area contributed by atoms with Crippen molar-refractivity contribution in [3.63, 3.8) is 0 Å². The largest absolute Gasteiger partial charge is 0.490 e. The van der Waals surface area contributed by atoms with Gasteiger partial charge >= 0.3 is 0 Å². The number of benzene rings is 1. The summed E-state index contributed by atoms with van der Waals surface area (Å²) in [5.41, 5.74) is 1.21. The number of rotatable bonds is 3. The molecule has 23 heavy (non-hydrogen) atoms. The summed E-state index contributed by atoms with van der Waals surface area (Å²) in [6, 6.07) is 6.38. The summed E-state index contributed by atoms with van der Waals surface area (Å²) in [4.78, 5) is 16.3. The highest BCUT2D eigenvalue weighted by Gasteiger charge is 2.34. The Balaban J connectivity index is 1.82. The Bertz CT molecular complexity index is 573. The summed E-state index contributed by atoms with van der Waals surface area (Å²) in [5.74, 6) is 1.82. The smallest absolute Gasteiger partial charge is 0.239 e. The van der Waals surface area contributed by atoms with Crippen LogP contribution in [0.4, 0.5) is 0 Å². The minimum Gasteiger partial charge on any atom is -0.490 e. The average molecular weight is 318 g/mol. The third-order valence-electron chi connectivity index (χ3n) is 4.75. The van der Waals surface area contributed by atoms with E-state index < -0.39 is 0 Å². The second-order valence-electron chi connectivity index (χ2n) is 6.56. The van der Waals surface area contributed by atoms with Crippen LogP contribution in [0.3, 0.4) is 0 Å². The lowest BCUT2D eigenvalue weighted by Gasteiger charge is -2.31. The lowest BCUT2D eigenvalue weighted by molar-refractivity contribution is -0.134. The van der Waals surface area contributed by atoms with Crippen LogP contribution >= 0.6 is 0 Å². The van der Waals surface area contributed by atoms with Gasteiger partial charge in [0.2, 0.25) is 5.91 Å². The molecule has 0 spiro atoms. The van der Waals surface area contributed by atoms with Gasteiger partial charge in [-0.1, -0.05) is 6.07 Å². The van der Waals surface area contributed by atoms with E-state index >= 15 is 0 Å². The summed E-state index contributed by atoms with van der Waals surface area (Å²) in [6.07, 6.45) is 3.10. The Morgan fingerprint density at radius 2 is 1.96 bits per heavy atom. The van der Waals surface area contributed by atoms with Crippen LogP contribution in [-0.2, 0) is 4.79 Å². The molecule has 0 N–H and O–H groups in total. The molecule has 2 aliphatic heterocycles. The predicted molar refractivity (Wildman–Crippen MR) is 88.9 cm³/mol. The highest BCUT2D eigenvalue weighted by Crippen LogP contribution is 2.38. The van der Waals surface area contributed by atoms with Crippen LogP contribution in [0.1, 0.15) is 37.8 Å². The summed E-state index contributed by atoms with van der Waals surface area (Å²) in [7, 11) is 3.63. The second kappa shape index (κ2) is 6.79. The quantitative estimate of drug-likeness (QED) is 0.858. The Kier molecular flexibility index (Phi) is 4.76. The number of likely N-dealkylation sites (tertiary alicyclic amines) is 1. The number of fused-ring (bicyclic) bond motifs is 1. The number of likely N-dealkylation sites (N-methyl/N-ethyl adjacent to an activating group) is 1. The molecule has 5 heteroatoms. The van der Waals surface area contributed by atoms with Crippen molar-refractivity contribution in [2.45, 2.75) is 38.3 Å². The normalized spacial score (nSPS) is 22.5. The van der Waals surface area contributed by atoms with E-state index in [0.29, 0.717) is 13.2 Å². The zero-order valence-electron chi connectivity index (χ0n) is 14.2. The molecule has 1 saturated heterocycles. The molecule has 2 heterocycles. The molecule has 1 fully saturated rings. The van der Waals surface area contributed by atoms with Gasteiger partial charge in [0.05, 0.1) is 19.3 Å². The van der Waals surface area contributed by atoms with Crippen LogP contribution in [0.15, 0.2) is 18.2 Å². The molecule has 1 amide bonds. The molecule has 2 aliphatic rings. The van der Waals surface area contributed by atoms with Crippen LogP contribution in [0, 0.1) is 0 Å². The number of hydrogen-bond acceptors (Lipinski definition) is 4. The minimum absolute atomic E-state index is 0.103. The molecular formula is C18H26N2O3. The molecular weight excluding hydrogens is 292 g/mol. The molecule has 3 rings (SSSR count). The van der Waals surface area contributed by atoms with E-state index in [-0.39, 0.29) is 18.0 Å². The molecule has 0 aliphatic carbocycles. The van der Waals surface area contributed by atoms with Gasteiger partial charge in [0.25, 0.3) is 0 Å². The van der Waals surface area contributed by atoms with Crippen LogP contribution in [0.2, 0.25) is 0 Å². The number of amides is 1. The van der Waals surface area contributed by atoms with Gasteiger partial charge in [-0.05, 0) is 44.0 Å². The standard InChI is InChI=1S/C18H26N2O3/c1-13(18(21)19(2)3)20-9-4-6-15(20)14-7-8-16-17(12-14)23-11-5-10-22-16/h7-8,12-13,15H,4-6,9-11H2,1-3H3. The maximum Gasteiger partial charge on any atom is 0.239 e. The third-order valence-corrected chi connectivity index (χ3v) is 4.75. The van der Waals surface area contributed by atoms with Gasteiger partial charge in [0.15, 0.2) is 11.5 Å². The highest BCUT2D eigenvalue weighted by atomic mass is 16.5. The molecule has 1 aromatic rings. The lowest BCUT2D eigenvalue weighted by Crippen LogP contribution is -2.44. The topological polar surface area (TPSA) is 42.0 Å². The Morgan fingerprint density at radius 1 is 1.22 bits per heavy atom. The van der Waals surface area contributed by atoms with E-state index in [2.05, 4.69) is 17.0 Å². The Hall–Kier alpha value is -1.75. The number of carbonyl (C=O) groups excluding carboxylic acids is 1. The predicted octanol–water partition coefficient (Wildman–Crippen LogP) is 2.46. The Morgan fingerprint density at radius 3 is 2.70 bits per heavy atom. The molecule has 2 unspecified atom stereocenters. The molecule has 0 aromatic heterocycles. The number of nitrogens with zero attached hydrogens (tertiary/aromatic N) is 2. The van der Waals surface area contributed by atoms with Crippen molar-refractivity contribution < 1.29 is 14.3 Å². The molecule has 5 nitrogen and oxygen atoms in total. The first-order chi connectivity index (χ1) is 11.1. The van der Waals surface area contributed by atoms with E-state index in [9.17, 15) is 4.79 Å². The summed E-state index contributed by atoms with van der Waals surface area (Å²) in [5, 5.41) is 0. The van der Waals surface area contributed by atoms with Crippen LogP contribution in [0.5, 0.6) is 11.5 Å². The summed E-state index contributed by atoms with van der Waals surface area (Å²) < 4.78 is 11.5. The maximum absolute atomic E-state index is 12.3. The number of ether oxygens (including phenoxy) is 2. The summed E-state index contributed by atoms with van der Waals surface area (Å²) >= 11 is 0. The van der Waals surface area contributed by atoms with Crippen molar-refractivity contribution in [1.82, 2.24) is 9.80 Å². The van der Waals surface area contributed by atoms with Crippen LogP contribution in [0.25, 0.3) is 0 Å². The van der Waals surface area contributed by atoms with Gasteiger partial charge in [-0.15, -0.1) is 0 Å². The average Bonchev–Trinajstić information content (AvgIpc) is 2.91. The molecule has 126 valence electrons. The van der Waals surface area contributed by atoms with Crippen LogP contribution in [-0.4, -0.2) is 55.6 Å². The maximum atomic E-state index is 12.3. The molecule has 0 bridgehead atoms. The van der Waals surface area contributed by atoms with Crippen molar-refractivity contribution in [2.24, 2.45) is 0 Å². The minimum atomic E-state index is -0.103. The first kappa shape index (κ1) is 16.1. The van der Waals surface area contributed by atoms with Gasteiger partial charge in [-0.3, -0.25) is 9.69 Å². The fraction of sp³-hybridized carbons (Fsp3) is 0.611. The fourth-order valence-corrected chi connectivity index (χ4v) is 3.51. The third kappa shape index (κ3) is 3.29. The zero-order valence-corrected chi connectivity index (χ0v) is 14.2. The monoisotopic (exact) mass is 318 g/mol. The van der Waals surface area contributed by atoms with Gasteiger partial charge < -0.3 is 14.4 Å². The number of hydrogen-bond donors (Lipinski definition) is 0. The van der Waals surface area contributed by atoms with Crippen molar-refractivity contribution in [1.29, 1.82) is 0 Å². The summed E-state index contributed by atoms with van der Waals surface area (Å²) in [6.45, 7) is 4.36. The Labute approximate surface area is 138 Å². The van der Waals surface area contributed by atoms with Crippen molar-refractivity contribution in [2.75, 3.05) is 33.9 Å². The van der Waals surface area contributed by atoms with Crippen molar-refractivity contribution >= 4 is 5.91 Å². The first-order valence-electron chi connectivity index (χ1n) is 8.44. The van der Waals surface area contributed by atoms with Crippen molar-refractivity contribution in [3.8, 4) is 11.5 Å².